The third kappa shape index (κ3) is 4.00. The summed E-state index contributed by atoms with van der Waals surface area (Å²) in [6.45, 7) is 0. The zero-order valence-electron chi connectivity index (χ0n) is 15.1. The molecule has 0 radical (unpaired) electrons. The lowest BCUT2D eigenvalue weighted by molar-refractivity contribution is -0.274. The molecule has 4 rings (SSSR count). The Balaban J connectivity index is 1.47. The van der Waals surface area contributed by atoms with Gasteiger partial charge in [-0.2, -0.15) is 0 Å². The highest BCUT2D eigenvalue weighted by Crippen LogP contribution is 2.47. The van der Waals surface area contributed by atoms with Crippen LogP contribution in [0.4, 0.5) is 13.2 Å². The summed E-state index contributed by atoms with van der Waals surface area (Å²) >= 11 is 0. The Morgan fingerprint density at radius 3 is 2.59 bits per heavy atom. The van der Waals surface area contributed by atoms with E-state index in [0.717, 1.165) is 11.8 Å². The van der Waals surface area contributed by atoms with Gasteiger partial charge in [-0.3, -0.25) is 0 Å². The van der Waals surface area contributed by atoms with E-state index in [1.807, 2.05) is 0 Å². The maximum Gasteiger partial charge on any atom is 0.573 e. The number of fused-ring (bicyclic) bond motifs is 2. The van der Waals surface area contributed by atoms with Crippen LogP contribution >= 0.6 is 0 Å². The molecule has 0 N–H and O–H groups in total. The van der Waals surface area contributed by atoms with Crippen LogP contribution < -0.4 is 9.47 Å². The molecule has 7 nitrogen and oxygen atoms in total. The lowest BCUT2D eigenvalue weighted by Crippen LogP contribution is -2.24. The molecule has 0 fully saturated rings. The van der Waals surface area contributed by atoms with Crippen molar-refractivity contribution in [2.45, 2.75) is 36.3 Å². The van der Waals surface area contributed by atoms with E-state index in [2.05, 4.69) is 14.9 Å². The number of oxime groups is 1. The highest BCUT2D eigenvalue weighted by Gasteiger charge is 2.47. The van der Waals surface area contributed by atoms with Crippen LogP contribution in [0.1, 0.15) is 24.0 Å². The number of hydrogen-bond donors (Lipinski definition) is 0. The number of nitrogens with zero attached hydrogens (tertiary/aromatic N) is 2. The number of sulfone groups is 1. The molecule has 2 aromatic rings. The van der Waals surface area contributed by atoms with Crippen LogP contribution in [0.15, 0.2) is 46.7 Å². The molecule has 154 valence electrons. The van der Waals surface area contributed by atoms with E-state index < -0.39 is 21.8 Å². The highest BCUT2D eigenvalue weighted by atomic mass is 32.2. The maximum atomic E-state index is 12.4. The van der Waals surface area contributed by atoms with Crippen molar-refractivity contribution in [1.82, 2.24) is 4.98 Å². The van der Waals surface area contributed by atoms with Gasteiger partial charge in [-0.25, -0.2) is 13.4 Å². The summed E-state index contributed by atoms with van der Waals surface area (Å²) < 4.78 is 69.8. The van der Waals surface area contributed by atoms with Gasteiger partial charge in [-0.15, -0.1) is 13.2 Å². The summed E-state index contributed by atoms with van der Waals surface area (Å²) in [5.74, 6) is 0.284. The molecule has 1 aromatic heterocycles. The number of rotatable bonds is 3. The molecule has 0 saturated heterocycles. The lowest BCUT2D eigenvalue weighted by Gasteiger charge is -2.21. The van der Waals surface area contributed by atoms with Gasteiger partial charge in [0.25, 0.3) is 0 Å². The molecule has 0 bridgehead atoms. The first-order chi connectivity index (χ1) is 13.5. The van der Waals surface area contributed by atoms with Gasteiger partial charge in [0.1, 0.15) is 11.5 Å². The van der Waals surface area contributed by atoms with Crippen molar-refractivity contribution in [1.29, 1.82) is 0 Å². The maximum absolute atomic E-state index is 12.4. The van der Waals surface area contributed by atoms with Gasteiger partial charge in [0.2, 0.25) is 5.90 Å². The molecule has 0 saturated carbocycles. The van der Waals surface area contributed by atoms with Gasteiger partial charge in [0.05, 0.1) is 12.6 Å². The topological polar surface area (TPSA) is 87.1 Å². The van der Waals surface area contributed by atoms with E-state index in [9.17, 15) is 21.6 Å². The second-order valence-corrected chi connectivity index (χ2v) is 8.78. The largest absolute Gasteiger partial charge is 0.573 e. The standard InChI is InChI=1S/C18H15F3N2O5S/c1-29(24,25)16-5-3-13(10-22-16)26-15-9-17(28-23-15)7-6-11-8-12(2-4-14(11)17)27-18(19,20)21/h2-5,8,10H,6-7,9H2,1H3/t17-/m0/s1. The van der Waals surface area contributed by atoms with Gasteiger partial charge in [-0.05, 0) is 42.7 Å². The Morgan fingerprint density at radius 1 is 1.17 bits per heavy atom. The van der Waals surface area contributed by atoms with E-state index in [1.54, 1.807) is 6.07 Å². The summed E-state index contributed by atoms with van der Waals surface area (Å²) in [5.41, 5.74) is 0.629. The monoisotopic (exact) mass is 428 g/mol. The molecule has 1 atom stereocenters. The van der Waals surface area contributed by atoms with E-state index in [1.165, 1.54) is 30.5 Å². The number of alkyl halides is 3. The number of aryl methyl sites for hydroxylation is 1. The van der Waals surface area contributed by atoms with Crippen LogP contribution in [0.5, 0.6) is 11.5 Å². The molecular weight excluding hydrogens is 413 g/mol. The minimum atomic E-state index is -4.75. The normalized spacial score (nSPS) is 20.9. The van der Waals surface area contributed by atoms with Crippen molar-refractivity contribution in [2.24, 2.45) is 5.16 Å². The Bertz CT molecular complexity index is 1080. The average Bonchev–Trinajstić information content (AvgIpc) is 3.18. The molecule has 2 aliphatic rings. The van der Waals surface area contributed by atoms with Crippen LogP contribution in [-0.2, 0) is 26.7 Å². The van der Waals surface area contributed by atoms with E-state index in [-0.39, 0.29) is 23.1 Å². The summed E-state index contributed by atoms with van der Waals surface area (Å²) in [6, 6.07) is 6.93. The minimum Gasteiger partial charge on any atom is -0.438 e. The van der Waals surface area contributed by atoms with Crippen LogP contribution in [0, 0.1) is 0 Å². The summed E-state index contributed by atoms with van der Waals surface area (Å²) in [4.78, 5) is 9.46. The third-order valence-corrected chi connectivity index (χ3v) is 5.68. The predicted octanol–water partition coefficient (Wildman–Crippen LogP) is 3.34. The quantitative estimate of drug-likeness (QED) is 0.745. The molecule has 11 heteroatoms. The van der Waals surface area contributed by atoms with Crippen molar-refractivity contribution < 1.29 is 35.9 Å². The summed E-state index contributed by atoms with van der Waals surface area (Å²) in [5, 5.41) is 3.88. The number of pyridine rings is 1. The average molecular weight is 428 g/mol. The van der Waals surface area contributed by atoms with E-state index >= 15 is 0 Å². The number of benzene rings is 1. The third-order valence-electron chi connectivity index (χ3n) is 4.68. The number of halogens is 3. The smallest absolute Gasteiger partial charge is 0.438 e. The van der Waals surface area contributed by atoms with Gasteiger partial charge in [0.15, 0.2) is 20.5 Å². The van der Waals surface area contributed by atoms with Crippen molar-refractivity contribution in [3.05, 3.63) is 47.7 Å². The lowest BCUT2D eigenvalue weighted by atomic mass is 9.92. The predicted molar refractivity (Wildman–Crippen MR) is 94.2 cm³/mol. The zero-order chi connectivity index (χ0) is 20.9. The fourth-order valence-corrected chi connectivity index (χ4v) is 4.01. The summed E-state index contributed by atoms with van der Waals surface area (Å²) in [7, 11) is -3.42. The van der Waals surface area contributed by atoms with Crippen LogP contribution in [-0.4, -0.2) is 31.9 Å². The van der Waals surface area contributed by atoms with Gasteiger partial charge >= 0.3 is 6.36 Å². The molecular formula is C18H15F3N2O5S. The molecule has 0 amide bonds. The Morgan fingerprint density at radius 2 is 1.93 bits per heavy atom. The molecule has 1 aromatic carbocycles. The number of ether oxygens (including phenoxy) is 2. The number of aromatic nitrogens is 1. The molecule has 0 unspecified atom stereocenters. The van der Waals surface area contributed by atoms with Crippen LogP contribution in [0.3, 0.4) is 0 Å². The molecule has 2 heterocycles. The molecule has 29 heavy (non-hydrogen) atoms. The summed E-state index contributed by atoms with van der Waals surface area (Å²) in [6.07, 6.45) is -1.10. The second-order valence-electron chi connectivity index (χ2n) is 6.82. The fraction of sp³-hybridized carbons (Fsp3) is 0.333. The van der Waals surface area contributed by atoms with Crippen molar-refractivity contribution in [3.63, 3.8) is 0 Å². The van der Waals surface area contributed by atoms with Gasteiger partial charge in [0, 0.05) is 11.8 Å². The van der Waals surface area contributed by atoms with Crippen molar-refractivity contribution >= 4 is 15.7 Å². The zero-order valence-corrected chi connectivity index (χ0v) is 15.9. The fourth-order valence-electron chi connectivity index (χ4n) is 3.45. The Kier molecular flexibility index (Phi) is 4.45. The molecule has 1 spiro atoms. The van der Waals surface area contributed by atoms with Gasteiger partial charge in [-0.1, -0.05) is 11.2 Å². The van der Waals surface area contributed by atoms with Crippen molar-refractivity contribution in [3.8, 4) is 11.5 Å². The van der Waals surface area contributed by atoms with E-state index in [0.29, 0.717) is 24.2 Å². The first-order valence-corrected chi connectivity index (χ1v) is 10.4. The van der Waals surface area contributed by atoms with Crippen LogP contribution in [0.2, 0.25) is 0 Å². The Hall–Kier alpha value is -2.82. The molecule has 1 aliphatic carbocycles. The highest BCUT2D eigenvalue weighted by molar-refractivity contribution is 7.90. The molecule has 1 aliphatic heterocycles. The minimum absolute atomic E-state index is 0.0764. The van der Waals surface area contributed by atoms with E-state index in [4.69, 9.17) is 9.57 Å². The van der Waals surface area contributed by atoms with Gasteiger partial charge < -0.3 is 14.3 Å². The second kappa shape index (κ2) is 6.61. The van der Waals surface area contributed by atoms with Crippen molar-refractivity contribution in [2.75, 3.05) is 6.26 Å². The van der Waals surface area contributed by atoms with Crippen LogP contribution in [0.25, 0.3) is 0 Å². The SMILES string of the molecule is CS(=O)(=O)c1ccc(OC2=NO[C@@]3(CCc4cc(OC(F)(F)F)ccc43)C2)cn1. The first-order valence-electron chi connectivity index (χ1n) is 8.52. The Labute approximate surface area is 164 Å². The number of hydrogen-bond acceptors (Lipinski definition) is 7. The first kappa shape index (κ1) is 19.5.